The Morgan fingerprint density at radius 2 is 2.05 bits per heavy atom. The number of hydrogen-bond donors (Lipinski definition) is 2. The van der Waals surface area contributed by atoms with Crippen molar-refractivity contribution in [3.63, 3.8) is 0 Å². The number of nitrogen functional groups attached to an aromatic ring is 1. The SMILES string of the molecule is Cc1cnc(C(C)NS(=O)(=O)c2cc(N)c(Cl)cc2C)o1. The molecule has 0 amide bonds. The van der Waals surface area contributed by atoms with Gasteiger partial charge in [-0.15, -0.1) is 0 Å². The Bertz CT molecular complexity index is 771. The number of nitrogens with zero attached hydrogens (tertiary/aromatic N) is 1. The zero-order valence-electron chi connectivity index (χ0n) is 11.8. The molecular weight excluding hydrogens is 314 g/mol. The van der Waals surface area contributed by atoms with Gasteiger partial charge in [-0.2, -0.15) is 4.72 Å². The number of oxazole rings is 1. The molecule has 1 heterocycles. The molecule has 2 rings (SSSR count). The van der Waals surface area contributed by atoms with Crippen molar-refractivity contribution < 1.29 is 12.8 Å². The van der Waals surface area contributed by atoms with Gasteiger partial charge < -0.3 is 10.2 Å². The molecule has 0 saturated carbocycles. The van der Waals surface area contributed by atoms with Crippen LogP contribution in [0.15, 0.2) is 27.6 Å². The summed E-state index contributed by atoms with van der Waals surface area (Å²) in [4.78, 5) is 4.09. The van der Waals surface area contributed by atoms with Gasteiger partial charge in [0.2, 0.25) is 15.9 Å². The summed E-state index contributed by atoms with van der Waals surface area (Å²) in [6.45, 7) is 5.04. The minimum atomic E-state index is -3.76. The third-order valence-corrected chi connectivity index (χ3v) is 4.94. The van der Waals surface area contributed by atoms with Crippen molar-refractivity contribution >= 4 is 27.3 Å². The number of sulfonamides is 1. The van der Waals surface area contributed by atoms with Crippen molar-refractivity contribution in [2.75, 3.05) is 5.73 Å². The highest BCUT2D eigenvalue weighted by atomic mass is 35.5. The molecule has 0 fully saturated rings. The van der Waals surface area contributed by atoms with E-state index in [-0.39, 0.29) is 10.6 Å². The number of rotatable bonds is 4. The zero-order chi connectivity index (χ0) is 15.8. The van der Waals surface area contributed by atoms with Gasteiger partial charge in [0.15, 0.2) is 0 Å². The Morgan fingerprint density at radius 1 is 1.38 bits per heavy atom. The van der Waals surface area contributed by atoms with E-state index >= 15 is 0 Å². The average molecular weight is 330 g/mol. The average Bonchev–Trinajstić information content (AvgIpc) is 2.80. The van der Waals surface area contributed by atoms with Gasteiger partial charge in [0, 0.05) is 0 Å². The van der Waals surface area contributed by atoms with E-state index in [1.54, 1.807) is 20.8 Å². The van der Waals surface area contributed by atoms with Gasteiger partial charge in [0.1, 0.15) is 5.76 Å². The van der Waals surface area contributed by atoms with Gasteiger partial charge >= 0.3 is 0 Å². The van der Waals surface area contributed by atoms with Crippen LogP contribution in [0.5, 0.6) is 0 Å². The molecule has 0 bridgehead atoms. The molecule has 1 unspecified atom stereocenters. The first-order chi connectivity index (χ1) is 9.70. The van der Waals surface area contributed by atoms with Crippen molar-refractivity contribution in [1.82, 2.24) is 9.71 Å². The molecule has 21 heavy (non-hydrogen) atoms. The number of aromatic nitrogens is 1. The lowest BCUT2D eigenvalue weighted by atomic mass is 10.2. The highest BCUT2D eigenvalue weighted by molar-refractivity contribution is 7.89. The van der Waals surface area contributed by atoms with Crippen LogP contribution in [0.25, 0.3) is 0 Å². The van der Waals surface area contributed by atoms with Crippen molar-refractivity contribution in [2.24, 2.45) is 0 Å². The summed E-state index contributed by atoms with van der Waals surface area (Å²) in [7, 11) is -3.76. The predicted molar refractivity (Wildman–Crippen MR) is 80.6 cm³/mol. The lowest BCUT2D eigenvalue weighted by molar-refractivity contribution is 0.427. The minimum Gasteiger partial charge on any atom is -0.444 e. The molecular formula is C13H16ClN3O3S. The van der Waals surface area contributed by atoms with E-state index in [0.29, 0.717) is 22.2 Å². The Morgan fingerprint density at radius 3 is 2.62 bits per heavy atom. The topological polar surface area (TPSA) is 98.2 Å². The lowest BCUT2D eigenvalue weighted by Gasteiger charge is -2.14. The van der Waals surface area contributed by atoms with Crippen molar-refractivity contribution in [3.8, 4) is 0 Å². The minimum absolute atomic E-state index is 0.0829. The Hall–Kier alpha value is -1.57. The summed E-state index contributed by atoms with van der Waals surface area (Å²) in [5, 5.41) is 0.322. The summed E-state index contributed by atoms with van der Waals surface area (Å²) in [5.41, 5.74) is 6.40. The number of nitrogens with one attached hydrogen (secondary N) is 1. The monoisotopic (exact) mass is 329 g/mol. The van der Waals surface area contributed by atoms with Crippen LogP contribution in [0.2, 0.25) is 5.02 Å². The lowest BCUT2D eigenvalue weighted by Crippen LogP contribution is -2.27. The van der Waals surface area contributed by atoms with Crippen LogP contribution in [0, 0.1) is 13.8 Å². The Balaban J connectivity index is 2.32. The second-order valence-corrected chi connectivity index (χ2v) is 6.88. The second kappa shape index (κ2) is 5.67. The van der Waals surface area contributed by atoms with Crippen molar-refractivity contribution in [2.45, 2.75) is 31.7 Å². The third kappa shape index (κ3) is 3.37. The van der Waals surface area contributed by atoms with E-state index in [0.717, 1.165) is 0 Å². The summed E-state index contributed by atoms with van der Waals surface area (Å²) in [6.07, 6.45) is 1.53. The van der Waals surface area contributed by atoms with Crippen LogP contribution in [0.3, 0.4) is 0 Å². The molecule has 0 spiro atoms. The van der Waals surface area contributed by atoms with E-state index in [1.165, 1.54) is 18.3 Å². The van der Waals surface area contributed by atoms with Gasteiger partial charge in [0.05, 0.1) is 27.8 Å². The number of anilines is 1. The van der Waals surface area contributed by atoms with Crippen LogP contribution in [0.1, 0.15) is 30.2 Å². The maximum Gasteiger partial charge on any atom is 0.241 e. The fourth-order valence-corrected chi connectivity index (χ4v) is 3.55. The predicted octanol–water partition coefficient (Wildman–Crippen LogP) is 2.57. The van der Waals surface area contributed by atoms with Crippen LogP contribution < -0.4 is 10.5 Å². The van der Waals surface area contributed by atoms with Crippen LogP contribution in [0.4, 0.5) is 5.69 Å². The molecule has 0 aliphatic rings. The molecule has 6 nitrogen and oxygen atoms in total. The molecule has 3 N–H and O–H groups in total. The fourth-order valence-electron chi connectivity index (χ4n) is 1.88. The summed E-state index contributed by atoms with van der Waals surface area (Å²) >= 11 is 5.88. The molecule has 1 aromatic heterocycles. The van der Waals surface area contributed by atoms with E-state index in [9.17, 15) is 8.42 Å². The quantitative estimate of drug-likeness (QED) is 0.840. The van der Waals surface area contributed by atoms with Crippen LogP contribution >= 0.6 is 11.6 Å². The normalized spacial score (nSPS) is 13.3. The zero-order valence-corrected chi connectivity index (χ0v) is 13.4. The standard InChI is InChI=1S/C13H16ClN3O3S/c1-7-4-10(14)11(15)5-12(7)21(18,19)17-9(3)13-16-6-8(2)20-13/h4-6,9,17H,15H2,1-3H3. The molecule has 0 saturated heterocycles. The smallest absolute Gasteiger partial charge is 0.241 e. The van der Waals surface area contributed by atoms with E-state index in [2.05, 4.69) is 9.71 Å². The van der Waals surface area contributed by atoms with E-state index in [1.807, 2.05) is 0 Å². The first-order valence-electron chi connectivity index (χ1n) is 6.21. The van der Waals surface area contributed by atoms with Gasteiger partial charge in [0.25, 0.3) is 0 Å². The summed E-state index contributed by atoms with van der Waals surface area (Å²) in [6, 6.07) is 2.26. The van der Waals surface area contributed by atoms with E-state index in [4.69, 9.17) is 21.8 Å². The first kappa shape index (κ1) is 15.8. The van der Waals surface area contributed by atoms with Crippen LogP contribution in [-0.4, -0.2) is 13.4 Å². The summed E-state index contributed by atoms with van der Waals surface area (Å²) in [5.74, 6) is 0.915. The maximum atomic E-state index is 12.4. The van der Waals surface area contributed by atoms with Crippen LogP contribution in [-0.2, 0) is 10.0 Å². The number of aryl methyl sites for hydroxylation is 2. The number of benzene rings is 1. The second-order valence-electron chi connectivity index (χ2n) is 4.79. The molecule has 114 valence electrons. The molecule has 1 aromatic carbocycles. The van der Waals surface area contributed by atoms with Gasteiger partial charge in [-0.25, -0.2) is 13.4 Å². The molecule has 0 aliphatic carbocycles. The number of halogens is 1. The molecule has 8 heteroatoms. The molecule has 0 aliphatic heterocycles. The largest absolute Gasteiger partial charge is 0.444 e. The highest BCUT2D eigenvalue weighted by Crippen LogP contribution is 2.27. The van der Waals surface area contributed by atoms with Crippen molar-refractivity contribution in [1.29, 1.82) is 0 Å². The third-order valence-electron chi connectivity index (χ3n) is 2.93. The maximum absolute atomic E-state index is 12.4. The number of nitrogens with two attached hydrogens (primary N) is 1. The molecule has 1 atom stereocenters. The Labute approximate surface area is 128 Å². The molecule has 0 radical (unpaired) electrons. The van der Waals surface area contributed by atoms with Gasteiger partial charge in [-0.1, -0.05) is 11.6 Å². The Kier molecular flexibility index (Phi) is 4.27. The van der Waals surface area contributed by atoms with Gasteiger partial charge in [-0.05, 0) is 38.5 Å². The summed E-state index contributed by atoms with van der Waals surface area (Å²) < 4.78 is 32.7. The first-order valence-corrected chi connectivity index (χ1v) is 8.07. The highest BCUT2D eigenvalue weighted by Gasteiger charge is 2.23. The van der Waals surface area contributed by atoms with Gasteiger partial charge in [-0.3, -0.25) is 0 Å². The number of hydrogen-bond acceptors (Lipinski definition) is 5. The fraction of sp³-hybridized carbons (Fsp3) is 0.308. The molecule has 2 aromatic rings. The van der Waals surface area contributed by atoms with Crippen molar-refractivity contribution in [3.05, 3.63) is 40.6 Å². The van der Waals surface area contributed by atoms with E-state index < -0.39 is 16.1 Å².